The van der Waals surface area contributed by atoms with Crippen LogP contribution >= 0.6 is 0 Å². The highest BCUT2D eigenvalue weighted by molar-refractivity contribution is 7.90. The van der Waals surface area contributed by atoms with Crippen molar-refractivity contribution in [1.82, 2.24) is 4.72 Å². The molecule has 0 unspecified atom stereocenters. The fourth-order valence-electron chi connectivity index (χ4n) is 1.79. The zero-order valence-electron chi connectivity index (χ0n) is 12.4. The SMILES string of the molecule is CCCCCCCN=C(N)NS(=O)(=O)c1ccc(N)cc1. The van der Waals surface area contributed by atoms with Crippen molar-refractivity contribution < 1.29 is 8.42 Å². The molecule has 0 heterocycles. The summed E-state index contributed by atoms with van der Waals surface area (Å²) in [6.07, 6.45) is 5.55. The van der Waals surface area contributed by atoms with Crippen LogP contribution in [0.3, 0.4) is 0 Å². The molecule has 0 radical (unpaired) electrons. The molecule has 0 aliphatic carbocycles. The van der Waals surface area contributed by atoms with E-state index in [-0.39, 0.29) is 10.9 Å². The summed E-state index contributed by atoms with van der Waals surface area (Å²) >= 11 is 0. The Morgan fingerprint density at radius 1 is 1.14 bits per heavy atom. The molecule has 7 heteroatoms. The Morgan fingerprint density at radius 2 is 1.76 bits per heavy atom. The van der Waals surface area contributed by atoms with Crippen LogP contribution in [0.25, 0.3) is 0 Å². The Bertz CT molecular complexity index is 553. The molecular formula is C14H24N4O2S. The summed E-state index contributed by atoms with van der Waals surface area (Å²) in [5, 5.41) is 0. The van der Waals surface area contributed by atoms with Crippen molar-refractivity contribution in [2.75, 3.05) is 12.3 Å². The zero-order valence-corrected chi connectivity index (χ0v) is 13.2. The first-order valence-electron chi connectivity index (χ1n) is 7.14. The summed E-state index contributed by atoms with van der Waals surface area (Å²) in [5.74, 6) is -0.0812. The van der Waals surface area contributed by atoms with E-state index in [2.05, 4.69) is 16.6 Å². The van der Waals surface area contributed by atoms with Crippen LogP contribution in [0.4, 0.5) is 5.69 Å². The van der Waals surface area contributed by atoms with Gasteiger partial charge in [0, 0.05) is 12.2 Å². The molecule has 0 saturated heterocycles. The Labute approximate surface area is 126 Å². The van der Waals surface area contributed by atoms with Gasteiger partial charge in [-0.3, -0.25) is 4.99 Å². The zero-order chi connectivity index (χ0) is 15.7. The number of rotatable bonds is 8. The molecule has 0 fully saturated rings. The van der Waals surface area contributed by atoms with Gasteiger partial charge >= 0.3 is 0 Å². The van der Waals surface area contributed by atoms with Gasteiger partial charge in [-0.25, -0.2) is 13.1 Å². The largest absolute Gasteiger partial charge is 0.399 e. The van der Waals surface area contributed by atoms with Gasteiger partial charge in [-0.05, 0) is 30.7 Å². The molecule has 0 saturated carbocycles. The third-order valence-corrected chi connectivity index (χ3v) is 4.34. The van der Waals surface area contributed by atoms with Gasteiger partial charge in [0.1, 0.15) is 0 Å². The number of nitrogens with two attached hydrogens (primary N) is 2. The van der Waals surface area contributed by atoms with Crippen molar-refractivity contribution >= 4 is 21.7 Å². The predicted molar refractivity (Wildman–Crippen MR) is 86.4 cm³/mol. The summed E-state index contributed by atoms with van der Waals surface area (Å²) in [6.45, 7) is 2.68. The molecule has 5 N–H and O–H groups in total. The average molecular weight is 312 g/mol. The Balaban J connectivity index is 2.48. The highest BCUT2D eigenvalue weighted by atomic mass is 32.2. The standard InChI is InChI=1S/C14H24N4O2S/c1-2-3-4-5-6-11-17-14(16)18-21(19,20)13-9-7-12(15)8-10-13/h7-10H,2-6,11,15H2,1H3,(H3,16,17,18). The van der Waals surface area contributed by atoms with E-state index >= 15 is 0 Å². The van der Waals surface area contributed by atoms with Crippen molar-refractivity contribution in [2.45, 2.75) is 43.9 Å². The normalized spacial score (nSPS) is 12.3. The van der Waals surface area contributed by atoms with Crippen molar-refractivity contribution in [2.24, 2.45) is 10.7 Å². The number of unbranched alkanes of at least 4 members (excludes halogenated alkanes) is 4. The van der Waals surface area contributed by atoms with E-state index in [1.807, 2.05) is 0 Å². The van der Waals surface area contributed by atoms with E-state index < -0.39 is 10.0 Å². The number of nitrogen functional groups attached to an aromatic ring is 1. The third kappa shape index (κ3) is 6.48. The first-order valence-corrected chi connectivity index (χ1v) is 8.62. The van der Waals surface area contributed by atoms with Crippen LogP contribution in [0.1, 0.15) is 39.0 Å². The topological polar surface area (TPSA) is 111 Å². The quantitative estimate of drug-likeness (QED) is 0.294. The number of nitrogens with zero attached hydrogens (tertiary/aromatic N) is 1. The molecule has 1 aromatic rings. The lowest BCUT2D eigenvalue weighted by atomic mass is 10.2. The molecule has 118 valence electrons. The van der Waals surface area contributed by atoms with E-state index in [0.717, 1.165) is 12.8 Å². The molecule has 1 aromatic carbocycles. The van der Waals surface area contributed by atoms with Crippen LogP contribution in [0, 0.1) is 0 Å². The minimum Gasteiger partial charge on any atom is -0.399 e. The lowest BCUT2D eigenvalue weighted by Gasteiger charge is -2.07. The molecule has 0 aromatic heterocycles. The first-order chi connectivity index (χ1) is 9.95. The maximum atomic E-state index is 12.0. The number of hydrogen-bond donors (Lipinski definition) is 3. The number of sulfonamides is 1. The molecule has 0 amide bonds. The lowest BCUT2D eigenvalue weighted by molar-refractivity contribution is 0.592. The van der Waals surface area contributed by atoms with Gasteiger partial charge in [0.05, 0.1) is 4.90 Å². The third-order valence-electron chi connectivity index (χ3n) is 2.97. The molecule has 0 bridgehead atoms. The predicted octanol–water partition coefficient (Wildman–Crippen LogP) is 1.83. The Hall–Kier alpha value is -1.76. The molecular weight excluding hydrogens is 288 g/mol. The number of aliphatic imine (C=N–C) groups is 1. The molecule has 21 heavy (non-hydrogen) atoms. The summed E-state index contributed by atoms with van der Waals surface area (Å²) in [5.41, 5.74) is 11.6. The molecule has 0 atom stereocenters. The van der Waals surface area contributed by atoms with Gasteiger partial charge < -0.3 is 11.5 Å². The van der Waals surface area contributed by atoms with Crippen molar-refractivity contribution in [3.8, 4) is 0 Å². The van der Waals surface area contributed by atoms with E-state index in [1.54, 1.807) is 0 Å². The van der Waals surface area contributed by atoms with E-state index in [9.17, 15) is 8.42 Å². The fraction of sp³-hybridized carbons (Fsp3) is 0.500. The van der Waals surface area contributed by atoms with Gasteiger partial charge in [0.15, 0.2) is 0 Å². The maximum Gasteiger partial charge on any atom is 0.264 e. The van der Waals surface area contributed by atoms with Crippen LogP contribution in [0.2, 0.25) is 0 Å². The van der Waals surface area contributed by atoms with E-state index in [1.165, 1.54) is 43.5 Å². The average Bonchev–Trinajstić information content (AvgIpc) is 2.42. The van der Waals surface area contributed by atoms with Gasteiger partial charge in [-0.2, -0.15) is 0 Å². The number of anilines is 1. The van der Waals surface area contributed by atoms with Gasteiger partial charge in [-0.1, -0.05) is 32.6 Å². The minimum atomic E-state index is -3.69. The number of hydrogen-bond acceptors (Lipinski definition) is 4. The summed E-state index contributed by atoms with van der Waals surface area (Å²) < 4.78 is 26.3. The molecule has 0 aliphatic heterocycles. The van der Waals surface area contributed by atoms with Crippen LogP contribution in [0.15, 0.2) is 34.2 Å². The smallest absolute Gasteiger partial charge is 0.264 e. The lowest BCUT2D eigenvalue weighted by Crippen LogP contribution is -2.36. The van der Waals surface area contributed by atoms with Crippen molar-refractivity contribution in [3.63, 3.8) is 0 Å². The van der Waals surface area contributed by atoms with E-state index in [4.69, 9.17) is 11.5 Å². The molecule has 6 nitrogen and oxygen atoms in total. The molecule has 0 spiro atoms. The van der Waals surface area contributed by atoms with Crippen LogP contribution in [0.5, 0.6) is 0 Å². The Kier molecular flexibility index (Phi) is 7.01. The number of guanidine groups is 1. The van der Waals surface area contributed by atoms with Crippen molar-refractivity contribution in [3.05, 3.63) is 24.3 Å². The van der Waals surface area contributed by atoms with Crippen LogP contribution in [-0.4, -0.2) is 20.9 Å². The maximum absolute atomic E-state index is 12.0. The molecule has 1 rings (SSSR count). The summed E-state index contributed by atoms with van der Waals surface area (Å²) in [4.78, 5) is 4.14. The highest BCUT2D eigenvalue weighted by Crippen LogP contribution is 2.11. The number of benzene rings is 1. The number of nitrogens with one attached hydrogen (secondary N) is 1. The van der Waals surface area contributed by atoms with Gasteiger partial charge in [0.2, 0.25) is 5.96 Å². The van der Waals surface area contributed by atoms with Gasteiger partial charge in [-0.15, -0.1) is 0 Å². The minimum absolute atomic E-state index is 0.0812. The summed E-state index contributed by atoms with van der Waals surface area (Å²) in [7, 11) is -3.69. The second kappa shape index (κ2) is 8.51. The fourth-order valence-corrected chi connectivity index (χ4v) is 2.74. The van der Waals surface area contributed by atoms with Gasteiger partial charge in [0.25, 0.3) is 10.0 Å². The second-order valence-corrected chi connectivity index (χ2v) is 6.54. The van der Waals surface area contributed by atoms with E-state index in [0.29, 0.717) is 12.2 Å². The van der Waals surface area contributed by atoms with Crippen LogP contribution < -0.4 is 16.2 Å². The Morgan fingerprint density at radius 3 is 2.38 bits per heavy atom. The molecule has 0 aliphatic rings. The summed E-state index contributed by atoms with van der Waals surface area (Å²) in [6, 6.07) is 5.90. The monoisotopic (exact) mass is 312 g/mol. The first kappa shape index (κ1) is 17.3. The second-order valence-electron chi connectivity index (χ2n) is 4.86. The van der Waals surface area contributed by atoms with Crippen molar-refractivity contribution in [1.29, 1.82) is 0 Å². The van der Waals surface area contributed by atoms with Crippen LogP contribution in [-0.2, 0) is 10.0 Å². The highest BCUT2D eigenvalue weighted by Gasteiger charge is 2.14.